The topological polar surface area (TPSA) is 55.6 Å². The minimum atomic E-state index is -0.462. The molecule has 0 unspecified atom stereocenters. The van der Waals surface area contributed by atoms with Gasteiger partial charge in [-0.05, 0) is 34.8 Å². The van der Waals surface area contributed by atoms with Gasteiger partial charge in [-0.1, -0.05) is 12.8 Å². The number of hydrogen-bond acceptors (Lipinski definition) is 3. The lowest BCUT2D eigenvalue weighted by atomic mass is 10.2. The molecule has 2 N–H and O–H groups in total. The first-order chi connectivity index (χ1) is 9.58. The van der Waals surface area contributed by atoms with Gasteiger partial charge in [0.2, 0.25) is 0 Å². The molecule has 4 nitrogen and oxygen atoms in total. The molecule has 0 radical (unpaired) electrons. The van der Waals surface area contributed by atoms with Gasteiger partial charge in [0, 0.05) is 19.2 Å². The Bertz CT molecular complexity index is 488. The first-order valence-electron chi connectivity index (χ1n) is 6.73. The summed E-state index contributed by atoms with van der Waals surface area (Å²) in [7, 11) is 0. The molecule has 1 aromatic rings. The second kappa shape index (κ2) is 6.92. The van der Waals surface area contributed by atoms with E-state index in [2.05, 4.69) is 15.9 Å². The first-order valence-corrected chi connectivity index (χ1v) is 7.52. The number of benzene rings is 1. The summed E-state index contributed by atoms with van der Waals surface area (Å²) in [5.74, 6) is -0.333. The van der Waals surface area contributed by atoms with Gasteiger partial charge in [-0.3, -0.25) is 4.79 Å². The van der Waals surface area contributed by atoms with Crippen molar-refractivity contribution >= 4 is 27.5 Å². The highest BCUT2D eigenvalue weighted by molar-refractivity contribution is 9.10. The summed E-state index contributed by atoms with van der Waals surface area (Å²) in [6.07, 6.45) is 4.38. The fourth-order valence-corrected chi connectivity index (χ4v) is 2.58. The molecular formula is C14H18BrFN2O2. The molecule has 1 aliphatic heterocycles. The van der Waals surface area contributed by atoms with Crippen LogP contribution < -0.4 is 10.5 Å². The highest BCUT2D eigenvalue weighted by atomic mass is 79.9. The molecule has 0 atom stereocenters. The number of nitrogens with zero attached hydrogens (tertiary/aromatic N) is 1. The number of rotatable bonds is 3. The fourth-order valence-electron chi connectivity index (χ4n) is 2.22. The zero-order valence-corrected chi connectivity index (χ0v) is 12.8. The number of nitrogen functional groups attached to an aromatic ring is 1. The van der Waals surface area contributed by atoms with E-state index in [1.165, 1.54) is 12.1 Å². The van der Waals surface area contributed by atoms with Crippen molar-refractivity contribution in [3.05, 3.63) is 22.4 Å². The normalized spacial score (nSPS) is 15.8. The maximum Gasteiger partial charge on any atom is 0.260 e. The van der Waals surface area contributed by atoms with Crippen molar-refractivity contribution in [2.24, 2.45) is 0 Å². The molecule has 0 saturated carbocycles. The van der Waals surface area contributed by atoms with Crippen LogP contribution in [0.2, 0.25) is 0 Å². The minimum absolute atomic E-state index is 0.0744. The van der Waals surface area contributed by atoms with Crippen LogP contribution in [0, 0.1) is 5.82 Å². The van der Waals surface area contributed by atoms with Crippen molar-refractivity contribution in [3.63, 3.8) is 0 Å². The molecule has 1 fully saturated rings. The van der Waals surface area contributed by atoms with Gasteiger partial charge >= 0.3 is 0 Å². The van der Waals surface area contributed by atoms with E-state index in [0.29, 0.717) is 5.69 Å². The number of hydrogen-bond donors (Lipinski definition) is 1. The molecule has 0 bridgehead atoms. The molecule has 2 rings (SSSR count). The molecule has 0 aromatic heterocycles. The van der Waals surface area contributed by atoms with Gasteiger partial charge in [0.25, 0.3) is 5.91 Å². The summed E-state index contributed by atoms with van der Waals surface area (Å²) in [5.41, 5.74) is 6.04. The third-order valence-corrected chi connectivity index (χ3v) is 3.97. The van der Waals surface area contributed by atoms with E-state index in [1.807, 2.05) is 0 Å². The zero-order valence-electron chi connectivity index (χ0n) is 11.2. The molecule has 6 heteroatoms. The van der Waals surface area contributed by atoms with Gasteiger partial charge in [-0.15, -0.1) is 0 Å². The van der Waals surface area contributed by atoms with Crippen molar-refractivity contribution in [1.82, 2.24) is 4.90 Å². The summed E-state index contributed by atoms with van der Waals surface area (Å²) < 4.78 is 19.0. The Morgan fingerprint density at radius 1 is 1.30 bits per heavy atom. The smallest absolute Gasteiger partial charge is 0.260 e. The largest absolute Gasteiger partial charge is 0.482 e. The van der Waals surface area contributed by atoms with E-state index >= 15 is 0 Å². The SMILES string of the molecule is Nc1cc(Br)c(F)cc1OCC(=O)N1CCCCCC1. The Kier molecular flexibility index (Phi) is 5.23. The Morgan fingerprint density at radius 3 is 2.60 bits per heavy atom. The molecular weight excluding hydrogens is 327 g/mol. The Hall–Kier alpha value is -1.30. The maximum absolute atomic E-state index is 13.4. The van der Waals surface area contributed by atoms with Crippen LogP contribution in [0.4, 0.5) is 10.1 Å². The van der Waals surface area contributed by atoms with Gasteiger partial charge in [0.05, 0.1) is 10.2 Å². The molecule has 1 aliphatic rings. The van der Waals surface area contributed by atoms with E-state index in [0.717, 1.165) is 38.8 Å². The van der Waals surface area contributed by atoms with Crippen LogP contribution in [0.1, 0.15) is 25.7 Å². The van der Waals surface area contributed by atoms with Crippen LogP contribution in [0.3, 0.4) is 0 Å². The van der Waals surface area contributed by atoms with Gasteiger partial charge in [-0.2, -0.15) is 0 Å². The highest BCUT2D eigenvalue weighted by Crippen LogP contribution is 2.28. The lowest BCUT2D eigenvalue weighted by molar-refractivity contribution is -0.133. The standard InChI is InChI=1S/C14H18BrFN2O2/c15-10-7-12(17)13(8-11(10)16)20-9-14(19)18-5-3-1-2-4-6-18/h7-8H,1-6,9,17H2. The second-order valence-corrected chi connectivity index (χ2v) is 5.74. The summed E-state index contributed by atoms with van der Waals surface area (Å²) in [5, 5.41) is 0. The van der Waals surface area contributed by atoms with Crippen LogP contribution in [0.15, 0.2) is 16.6 Å². The number of amides is 1. The third-order valence-electron chi connectivity index (χ3n) is 3.36. The average molecular weight is 345 g/mol. The Balaban J connectivity index is 1.94. The van der Waals surface area contributed by atoms with E-state index in [9.17, 15) is 9.18 Å². The lowest BCUT2D eigenvalue weighted by Crippen LogP contribution is -2.35. The van der Waals surface area contributed by atoms with Crippen molar-refractivity contribution < 1.29 is 13.9 Å². The second-order valence-electron chi connectivity index (χ2n) is 4.89. The quantitative estimate of drug-likeness (QED) is 0.857. The average Bonchev–Trinajstić information content (AvgIpc) is 2.70. The highest BCUT2D eigenvalue weighted by Gasteiger charge is 2.16. The molecule has 1 heterocycles. The summed E-state index contributed by atoms with van der Waals surface area (Å²) in [4.78, 5) is 13.8. The third kappa shape index (κ3) is 3.85. The molecule has 0 aliphatic carbocycles. The number of halogens is 2. The van der Waals surface area contributed by atoms with E-state index in [1.54, 1.807) is 4.90 Å². The summed E-state index contributed by atoms with van der Waals surface area (Å²) in [6, 6.07) is 2.62. The Labute approximate surface area is 126 Å². The van der Waals surface area contributed by atoms with E-state index < -0.39 is 5.82 Å². The van der Waals surface area contributed by atoms with Crippen molar-refractivity contribution in [2.75, 3.05) is 25.4 Å². The van der Waals surface area contributed by atoms with Crippen molar-refractivity contribution in [1.29, 1.82) is 0 Å². The van der Waals surface area contributed by atoms with Crippen LogP contribution >= 0.6 is 15.9 Å². The van der Waals surface area contributed by atoms with Crippen LogP contribution in [-0.4, -0.2) is 30.5 Å². The van der Waals surface area contributed by atoms with Gasteiger partial charge in [0.15, 0.2) is 6.61 Å². The molecule has 110 valence electrons. The number of ether oxygens (including phenoxy) is 1. The molecule has 1 saturated heterocycles. The van der Waals surface area contributed by atoms with E-state index in [4.69, 9.17) is 10.5 Å². The molecule has 1 amide bonds. The zero-order chi connectivity index (χ0) is 14.5. The number of anilines is 1. The number of likely N-dealkylation sites (tertiary alicyclic amines) is 1. The van der Waals surface area contributed by atoms with Gasteiger partial charge < -0.3 is 15.4 Å². The molecule has 0 spiro atoms. The predicted molar refractivity (Wildman–Crippen MR) is 79.1 cm³/mol. The van der Waals surface area contributed by atoms with Crippen molar-refractivity contribution in [2.45, 2.75) is 25.7 Å². The van der Waals surface area contributed by atoms with Crippen LogP contribution in [0.5, 0.6) is 5.75 Å². The monoisotopic (exact) mass is 344 g/mol. The lowest BCUT2D eigenvalue weighted by Gasteiger charge is -2.20. The summed E-state index contributed by atoms with van der Waals surface area (Å²) >= 11 is 3.05. The van der Waals surface area contributed by atoms with Crippen LogP contribution in [-0.2, 0) is 4.79 Å². The number of nitrogens with two attached hydrogens (primary N) is 1. The molecule has 20 heavy (non-hydrogen) atoms. The fraction of sp³-hybridized carbons (Fsp3) is 0.500. The minimum Gasteiger partial charge on any atom is -0.482 e. The number of carbonyl (C=O) groups excluding carboxylic acids is 1. The Morgan fingerprint density at radius 2 is 1.95 bits per heavy atom. The van der Waals surface area contributed by atoms with Crippen LogP contribution in [0.25, 0.3) is 0 Å². The maximum atomic E-state index is 13.4. The van der Waals surface area contributed by atoms with Gasteiger partial charge in [0.1, 0.15) is 11.6 Å². The van der Waals surface area contributed by atoms with E-state index in [-0.39, 0.29) is 22.7 Å². The number of carbonyl (C=O) groups is 1. The molecule has 1 aromatic carbocycles. The van der Waals surface area contributed by atoms with Crippen molar-refractivity contribution in [3.8, 4) is 5.75 Å². The predicted octanol–water partition coefficient (Wildman–Crippen LogP) is 2.95. The van der Waals surface area contributed by atoms with Gasteiger partial charge in [-0.25, -0.2) is 4.39 Å². The summed E-state index contributed by atoms with van der Waals surface area (Å²) in [6.45, 7) is 1.43. The first kappa shape index (κ1) is 15.1.